The molecule has 1 saturated heterocycles. The van der Waals surface area contributed by atoms with Gasteiger partial charge in [-0.2, -0.15) is 0 Å². The van der Waals surface area contributed by atoms with Gasteiger partial charge in [-0.05, 0) is 36.6 Å². The third-order valence-electron chi connectivity index (χ3n) is 3.24. The molecule has 0 bridgehead atoms. The van der Waals surface area contributed by atoms with E-state index in [9.17, 15) is 0 Å². The Hall–Kier alpha value is -0.440. The summed E-state index contributed by atoms with van der Waals surface area (Å²) >= 11 is 12.0. The van der Waals surface area contributed by atoms with Crippen molar-refractivity contribution in [1.29, 1.82) is 0 Å². The average molecular weight is 274 g/mol. The van der Waals surface area contributed by atoms with Gasteiger partial charge in [0.2, 0.25) is 0 Å². The molecule has 0 amide bonds. The molecule has 1 aliphatic rings. The SMILES string of the molecule is COC1CCCN(c2ccc(Cl)cc2CCl)C1. The molecule has 4 heteroatoms. The fourth-order valence-electron chi connectivity index (χ4n) is 2.32. The highest BCUT2D eigenvalue weighted by molar-refractivity contribution is 6.30. The molecule has 1 aromatic carbocycles. The molecule has 1 aromatic rings. The third-order valence-corrected chi connectivity index (χ3v) is 3.76. The Kier molecular flexibility index (Phi) is 4.55. The molecule has 2 nitrogen and oxygen atoms in total. The Morgan fingerprint density at radius 2 is 2.29 bits per heavy atom. The first kappa shape index (κ1) is 13.0. The number of anilines is 1. The van der Waals surface area contributed by atoms with Crippen molar-refractivity contribution in [2.75, 3.05) is 25.1 Å². The summed E-state index contributed by atoms with van der Waals surface area (Å²) in [4.78, 5) is 2.34. The fraction of sp³-hybridized carbons (Fsp3) is 0.538. The zero-order valence-corrected chi connectivity index (χ0v) is 11.5. The number of benzene rings is 1. The van der Waals surface area contributed by atoms with Crippen LogP contribution in [0, 0.1) is 0 Å². The van der Waals surface area contributed by atoms with Crippen LogP contribution in [0.3, 0.4) is 0 Å². The van der Waals surface area contributed by atoms with E-state index in [1.165, 1.54) is 5.69 Å². The normalized spacial score (nSPS) is 20.6. The minimum Gasteiger partial charge on any atom is -0.380 e. The zero-order chi connectivity index (χ0) is 12.3. The highest BCUT2D eigenvalue weighted by Gasteiger charge is 2.21. The van der Waals surface area contributed by atoms with Crippen LogP contribution in [0.1, 0.15) is 18.4 Å². The molecule has 0 radical (unpaired) electrons. The molecule has 1 atom stereocenters. The maximum Gasteiger partial charge on any atom is 0.0746 e. The average Bonchev–Trinajstić information content (AvgIpc) is 2.38. The van der Waals surface area contributed by atoms with Gasteiger partial charge in [-0.15, -0.1) is 11.6 Å². The first-order valence-corrected chi connectivity index (χ1v) is 6.78. The molecule has 94 valence electrons. The molecule has 0 N–H and O–H groups in total. The summed E-state index contributed by atoms with van der Waals surface area (Å²) in [6.45, 7) is 1.99. The molecule has 1 aliphatic heterocycles. The van der Waals surface area contributed by atoms with Gasteiger partial charge in [0.1, 0.15) is 0 Å². The van der Waals surface area contributed by atoms with Crippen LogP contribution in [-0.2, 0) is 10.6 Å². The molecule has 0 saturated carbocycles. The second kappa shape index (κ2) is 5.94. The van der Waals surface area contributed by atoms with Crippen LogP contribution in [0.25, 0.3) is 0 Å². The lowest BCUT2D eigenvalue weighted by Gasteiger charge is -2.34. The summed E-state index contributed by atoms with van der Waals surface area (Å²) in [7, 11) is 1.78. The highest BCUT2D eigenvalue weighted by Crippen LogP contribution is 2.28. The van der Waals surface area contributed by atoms with Crippen molar-refractivity contribution in [1.82, 2.24) is 0 Å². The van der Waals surface area contributed by atoms with E-state index in [0.717, 1.165) is 36.5 Å². The Morgan fingerprint density at radius 1 is 1.47 bits per heavy atom. The smallest absolute Gasteiger partial charge is 0.0746 e. The van der Waals surface area contributed by atoms with Crippen LogP contribution in [0.5, 0.6) is 0 Å². The molecule has 2 rings (SSSR count). The Balaban J connectivity index is 2.20. The number of nitrogens with zero attached hydrogens (tertiary/aromatic N) is 1. The number of methoxy groups -OCH3 is 1. The molecule has 0 aliphatic carbocycles. The van der Waals surface area contributed by atoms with E-state index in [4.69, 9.17) is 27.9 Å². The lowest BCUT2D eigenvalue weighted by Crippen LogP contribution is -2.39. The summed E-state index contributed by atoms with van der Waals surface area (Å²) in [5.41, 5.74) is 2.28. The van der Waals surface area contributed by atoms with Gasteiger partial charge < -0.3 is 9.64 Å². The molecular weight excluding hydrogens is 257 g/mol. The quantitative estimate of drug-likeness (QED) is 0.779. The Labute approximate surface area is 112 Å². The minimum atomic E-state index is 0.322. The summed E-state index contributed by atoms with van der Waals surface area (Å²) in [5.74, 6) is 0.490. The van der Waals surface area contributed by atoms with Gasteiger partial charge >= 0.3 is 0 Å². The molecule has 1 heterocycles. The van der Waals surface area contributed by atoms with E-state index < -0.39 is 0 Å². The zero-order valence-electron chi connectivity index (χ0n) is 9.96. The summed E-state index contributed by atoms with van der Waals surface area (Å²) in [6.07, 6.45) is 2.61. The molecule has 1 fully saturated rings. The highest BCUT2D eigenvalue weighted by atomic mass is 35.5. The van der Waals surface area contributed by atoms with Crippen molar-refractivity contribution < 1.29 is 4.74 Å². The van der Waals surface area contributed by atoms with Crippen molar-refractivity contribution in [2.45, 2.75) is 24.8 Å². The summed E-state index contributed by atoms with van der Waals surface area (Å²) < 4.78 is 5.44. The number of rotatable bonds is 3. The largest absolute Gasteiger partial charge is 0.380 e. The van der Waals surface area contributed by atoms with Crippen molar-refractivity contribution in [3.8, 4) is 0 Å². The van der Waals surface area contributed by atoms with E-state index >= 15 is 0 Å². The molecular formula is C13H17Cl2NO. The lowest BCUT2D eigenvalue weighted by atomic mass is 10.1. The van der Waals surface area contributed by atoms with Crippen LogP contribution in [0.4, 0.5) is 5.69 Å². The predicted octanol–water partition coefficient (Wildman–Crippen LogP) is 3.69. The molecule has 1 unspecified atom stereocenters. The van der Waals surface area contributed by atoms with Gasteiger partial charge in [-0.25, -0.2) is 0 Å². The van der Waals surface area contributed by atoms with Crippen molar-refractivity contribution in [2.24, 2.45) is 0 Å². The fourth-order valence-corrected chi connectivity index (χ4v) is 2.73. The maximum absolute atomic E-state index is 5.99. The van der Waals surface area contributed by atoms with Gasteiger partial charge in [0.25, 0.3) is 0 Å². The first-order valence-electron chi connectivity index (χ1n) is 5.86. The number of halogens is 2. The number of hydrogen-bond acceptors (Lipinski definition) is 2. The van der Waals surface area contributed by atoms with Gasteiger partial charge in [-0.1, -0.05) is 11.6 Å². The van der Waals surface area contributed by atoms with Crippen LogP contribution >= 0.6 is 23.2 Å². The number of ether oxygens (including phenoxy) is 1. The van der Waals surface area contributed by atoms with Crippen molar-refractivity contribution in [3.05, 3.63) is 28.8 Å². The second-order valence-electron chi connectivity index (χ2n) is 4.35. The number of hydrogen-bond donors (Lipinski definition) is 0. The topological polar surface area (TPSA) is 12.5 Å². The maximum atomic E-state index is 5.99. The first-order chi connectivity index (χ1) is 8.24. The van der Waals surface area contributed by atoms with E-state index in [1.54, 1.807) is 7.11 Å². The Bertz CT molecular complexity index is 384. The number of alkyl halides is 1. The van der Waals surface area contributed by atoms with E-state index in [2.05, 4.69) is 11.0 Å². The van der Waals surface area contributed by atoms with Crippen molar-refractivity contribution >= 4 is 28.9 Å². The second-order valence-corrected chi connectivity index (χ2v) is 5.06. The van der Waals surface area contributed by atoms with Gasteiger partial charge in [0.05, 0.1) is 6.10 Å². The summed E-state index contributed by atoms with van der Waals surface area (Å²) in [5, 5.41) is 0.740. The van der Waals surface area contributed by atoms with Gasteiger partial charge in [-0.3, -0.25) is 0 Å². The standard InChI is InChI=1S/C13H17Cl2NO/c1-17-12-3-2-6-16(9-12)13-5-4-11(15)7-10(13)8-14/h4-5,7,12H,2-3,6,8-9H2,1H3. The van der Waals surface area contributed by atoms with Crippen LogP contribution in [0.2, 0.25) is 5.02 Å². The lowest BCUT2D eigenvalue weighted by molar-refractivity contribution is 0.0893. The van der Waals surface area contributed by atoms with E-state index in [-0.39, 0.29) is 0 Å². The van der Waals surface area contributed by atoms with E-state index in [0.29, 0.717) is 12.0 Å². The van der Waals surface area contributed by atoms with Crippen LogP contribution < -0.4 is 4.90 Å². The molecule has 0 aromatic heterocycles. The monoisotopic (exact) mass is 273 g/mol. The Morgan fingerprint density at radius 3 is 3.00 bits per heavy atom. The minimum absolute atomic E-state index is 0.322. The molecule has 0 spiro atoms. The number of piperidine rings is 1. The van der Waals surface area contributed by atoms with Gasteiger partial charge in [0, 0.05) is 36.8 Å². The predicted molar refractivity (Wildman–Crippen MR) is 73.3 cm³/mol. The third kappa shape index (κ3) is 3.06. The van der Waals surface area contributed by atoms with Crippen molar-refractivity contribution in [3.63, 3.8) is 0 Å². The van der Waals surface area contributed by atoms with Crippen LogP contribution in [0.15, 0.2) is 18.2 Å². The van der Waals surface area contributed by atoms with E-state index in [1.807, 2.05) is 12.1 Å². The molecule has 17 heavy (non-hydrogen) atoms. The van der Waals surface area contributed by atoms with Gasteiger partial charge in [0.15, 0.2) is 0 Å². The summed E-state index contributed by atoms with van der Waals surface area (Å²) in [6, 6.07) is 5.92. The van der Waals surface area contributed by atoms with Crippen LogP contribution in [-0.4, -0.2) is 26.3 Å².